The van der Waals surface area contributed by atoms with E-state index in [2.05, 4.69) is 32.3 Å². The number of fused-ring (bicyclic) bond motifs is 1. The van der Waals surface area contributed by atoms with Crippen molar-refractivity contribution in [2.24, 2.45) is 0 Å². The van der Waals surface area contributed by atoms with Gasteiger partial charge in [0.2, 0.25) is 5.28 Å². The van der Waals surface area contributed by atoms with Crippen molar-refractivity contribution in [2.45, 2.75) is 36.1 Å². The number of thiophene rings is 1. The molecule has 0 aromatic carbocycles. The van der Waals surface area contributed by atoms with E-state index in [0.29, 0.717) is 0 Å². The van der Waals surface area contributed by atoms with Crippen molar-refractivity contribution in [3.8, 4) is 0 Å². The van der Waals surface area contributed by atoms with Gasteiger partial charge in [-0.2, -0.15) is 4.37 Å². The molecule has 0 amide bonds. The summed E-state index contributed by atoms with van der Waals surface area (Å²) in [6, 6.07) is 2.14. The zero-order chi connectivity index (χ0) is 14.1. The number of hydrogen-bond acceptors (Lipinski definition) is 7. The van der Waals surface area contributed by atoms with Crippen LogP contribution in [0.1, 0.15) is 24.5 Å². The highest BCUT2D eigenvalue weighted by atomic mass is 35.5. The molecule has 0 N–H and O–H groups in total. The lowest BCUT2D eigenvalue weighted by atomic mass is 10.3. The van der Waals surface area contributed by atoms with Gasteiger partial charge in [-0.25, -0.2) is 15.0 Å². The lowest BCUT2D eigenvalue weighted by molar-refractivity contribution is 0.970. The summed E-state index contributed by atoms with van der Waals surface area (Å²) in [6.07, 6.45) is 1.83. The zero-order valence-electron chi connectivity index (χ0n) is 10.9. The summed E-state index contributed by atoms with van der Waals surface area (Å²) in [7, 11) is 0. The maximum absolute atomic E-state index is 6.01. The molecule has 3 rings (SSSR count). The smallest absolute Gasteiger partial charge is 0.213 e. The van der Waals surface area contributed by atoms with E-state index in [0.717, 1.165) is 38.2 Å². The summed E-state index contributed by atoms with van der Waals surface area (Å²) in [5, 5.41) is 2.19. The summed E-state index contributed by atoms with van der Waals surface area (Å²) >= 11 is 10.6. The van der Waals surface area contributed by atoms with E-state index in [9.17, 15) is 0 Å². The van der Waals surface area contributed by atoms with E-state index in [1.54, 1.807) is 11.3 Å². The molecule has 0 saturated carbocycles. The highest BCUT2D eigenvalue weighted by Crippen LogP contribution is 2.36. The highest BCUT2D eigenvalue weighted by molar-refractivity contribution is 8.01. The molecular weight excluding hydrogens is 332 g/mol. The number of hydrogen-bond donors (Lipinski definition) is 0. The van der Waals surface area contributed by atoms with Gasteiger partial charge in [0.25, 0.3) is 0 Å². The van der Waals surface area contributed by atoms with Crippen LogP contribution in [0.2, 0.25) is 5.28 Å². The number of aromatic nitrogens is 4. The Hall–Kier alpha value is -0.760. The Kier molecular flexibility index (Phi) is 4.21. The Morgan fingerprint density at radius 2 is 2.05 bits per heavy atom. The Bertz CT molecular complexity index is 752. The van der Waals surface area contributed by atoms with Gasteiger partial charge in [-0.15, -0.1) is 11.3 Å². The van der Waals surface area contributed by atoms with Gasteiger partial charge in [0.05, 0.1) is 0 Å². The van der Waals surface area contributed by atoms with Gasteiger partial charge in [0.1, 0.15) is 15.7 Å². The Labute approximate surface area is 133 Å². The maximum atomic E-state index is 6.01. The first kappa shape index (κ1) is 14.2. The third-order valence-electron chi connectivity index (χ3n) is 2.68. The lowest BCUT2D eigenvalue weighted by Crippen LogP contribution is -1.86. The first-order valence-corrected chi connectivity index (χ1v) is 8.94. The second kappa shape index (κ2) is 5.93. The molecule has 3 aromatic rings. The Morgan fingerprint density at radius 1 is 1.20 bits per heavy atom. The quantitative estimate of drug-likeness (QED) is 0.517. The van der Waals surface area contributed by atoms with Crippen molar-refractivity contribution >= 4 is 56.4 Å². The predicted octanol–water partition coefficient (Wildman–Crippen LogP) is 4.47. The molecule has 8 heteroatoms. The third-order valence-corrected chi connectivity index (χ3v) is 5.82. The Balaban J connectivity index is 2.03. The van der Waals surface area contributed by atoms with Crippen LogP contribution in [0.15, 0.2) is 15.4 Å². The fourth-order valence-corrected chi connectivity index (χ4v) is 4.69. The van der Waals surface area contributed by atoms with Crippen molar-refractivity contribution < 1.29 is 0 Å². The molecule has 0 aliphatic rings. The van der Waals surface area contributed by atoms with Crippen LogP contribution < -0.4 is 0 Å². The van der Waals surface area contributed by atoms with Crippen molar-refractivity contribution in [2.75, 3.05) is 0 Å². The van der Waals surface area contributed by atoms with E-state index in [1.807, 2.05) is 6.92 Å². The van der Waals surface area contributed by atoms with Gasteiger partial charge in [0.15, 0.2) is 4.34 Å². The number of aryl methyl sites for hydroxylation is 2. The molecule has 104 valence electrons. The molecule has 0 radical (unpaired) electrons. The molecule has 4 nitrogen and oxygen atoms in total. The zero-order valence-corrected chi connectivity index (χ0v) is 14.1. The molecule has 0 saturated heterocycles. The molecular formula is C12H11ClN4S3. The van der Waals surface area contributed by atoms with E-state index in [1.165, 1.54) is 28.2 Å². The van der Waals surface area contributed by atoms with Gasteiger partial charge in [-0.1, -0.05) is 13.8 Å². The number of rotatable bonds is 4. The summed E-state index contributed by atoms with van der Waals surface area (Å²) in [5.41, 5.74) is 0. The van der Waals surface area contributed by atoms with Crippen molar-refractivity contribution in [3.63, 3.8) is 0 Å². The van der Waals surface area contributed by atoms with Gasteiger partial charge < -0.3 is 0 Å². The minimum Gasteiger partial charge on any atom is -0.213 e. The van der Waals surface area contributed by atoms with Crippen LogP contribution in [0.25, 0.3) is 10.2 Å². The first-order valence-electron chi connectivity index (χ1n) is 6.16. The monoisotopic (exact) mass is 342 g/mol. The number of nitrogens with zero attached hydrogens (tertiary/aromatic N) is 4. The Morgan fingerprint density at radius 3 is 2.75 bits per heavy atom. The molecule has 0 spiro atoms. The van der Waals surface area contributed by atoms with E-state index in [4.69, 9.17) is 11.6 Å². The van der Waals surface area contributed by atoms with Crippen LogP contribution >= 0.6 is 46.2 Å². The third kappa shape index (κ3) is 2.81. The molecule has 3 aromatic heterocycles. The van der Waals surface area contributed by atoms with Gasteiger partial charge in [0, 0.05) is 16.7 Å². The average molecular weight is 343 g/mol. The largest absolute Gasteiger partial charge is 0.224 e. The van der Waals surface area contributed by atoms with Crippen LogP contribution in [0.3, 0.4) is 0 Å². The van der Waals surface area contributed by atoms with Gasteiger partial charge >= 0.3 is 0 Å². The predicted molar refractivity (Wildman–Crippen MR) is 85.2 cm³/mol. The van der Waals surface area contributed by atoms with Crippen molar-refractivity contribution in [1.29, 1.82) is 0 Å². The summed E-state index contributed by atoms with van der Waals surface area (Å²) < 4.78 is 5.18. The van der Waals surface area contributed by atoms with Crippen LogP contribution in [0.4, 0.5) is 0 Å². The highest BCUT2D eigenvalue weighted by Gasteiger charge is 2.14. The SMILES string of the molecule is CCc1nsc(Sc2nc(Cl)nc3sc(CC)cc23)n1. The van der Waals surface area contributed by atoms with Crippen molar-refractivity contribution in [3.05, 3.63) is 22.1 Å². The molecule has 0 aliphatic heterocycles. The summed E-state index contributed by atoms with van der Waals surface area (Å²) in [6.45, 7) is 4.17. The van der Waals surface area contributed by atoms with Crippen LogP contribution in [0, 0.1) is 0 Å². The van der Waals surface area contributed by atoms with Crippen LogP contribution in [0.5, 0.6) is 0 Å². The van der Waals surface area contributed by atoms with Crippen molar-refractivity contribution in [1.82, 2.24) is 19.3 Å². The second-order valence-electron chi connectivity index (χ2n) is 4.02. The minimum absolute atomic E-state index is 0.282. The normalized spacial score (nSPS) is 11.3. The van der Waals surface area contributed by atoms with E-state index < -0.39 is 0 Å². The minimum atomic E-state index is 0.282. The van der Waals surface area contributed by atoms with E-state index in [-0.39, 0.29) is 5.28 Å². The lowest BCUT2D eigenvalue weighted by Gasteiger charge is -1.99. The molecule has 0 atom stereocenters. The second-order valence-corrected chi connectivity index (χ2v) is 7.46. The fourth-order valence-electron chi connectivity index (χ4n) is 1.68. The molecule has 0 fully saturated rings. The molecule has 0 aliphatic carbocycles. The standard InChI is InChI=1S/C12H11ClN4S3/c1-3-6-5-7-9(18-6)15-11(13)16-10(7)19-12-14-8(4-2)17-20-12/h5H,3-4H2,1-2H3. The first-order chi connectivity index (χ1) is 9.69. The van der Waals surface area contributed by atoms with E-state index >= 15 is 0 Å². The van der Waals surface area contributed by atoms with Crippen LogP contribution in [-0.2, 0) is 12.8 Å². The summed E-state index contributed by atoms with van der Waals surface area (Å²) in [4.78, 5) is 15.3. The molecule has 3 heterocycles. The molecule has 20 heavy (non-hydrogen) atoms. The van der Waals surface area contributed by atoms with Crippen LogP contribution in [-0.4, -0.2) is 19.3 Å². The van der Waals surface area contributed by atoms with Gasteiger partial charge in [-0.05, 0) is 47.4 Å². The summed E-state index contributed by atoms with van der Waals surface area (Å²) in [5.74, 6) is 0.869. The molecule has 0 unspecified atom stereocenters. The average Bonchev–Trinajstić information content (AvgIpc) is 3.04. The fraction of sp³-hybridized carbons (Fsp3) is 0.333. The van der Waals surface area contributed by atoms with Gasteiger partial charge in [-0.3, -0.25) is 0 Å². The topological polar surface area (TPSA) is 51.6 Å². The number of halogens is 1. The molecule has 0 bridgehead atoms. The maximum Gasteiger partial charge on any atom is 0.224 e.